The number of nitrogens with one attached hydrogen (secondary N) is 2. The summed E-state index contributed by atoms with van der Waals surface area (Å²) >= 11 is 0. The molecule has 0 bridgehead atoms. The second-order valence-electron chi connectivity index (χ2n) is 9.75. The molecule has 2 N–H and O–H groups in total. The Hall–Kier alpha value is -3.26. The van der Waals surface area contributed by atoms with Gasteiger partial charge in [0.15, 0.2) is 0 Å². The maximum absolute atomic E-state index is 4.25. The number of pyridine rings is 1. The molecule has 8 nitrogen and oxygen atoms in total. The van der Waals surface area contributed by atoms with Crippen LogP contribution in [0, 0.1) is 5.92 Å². The number of nitrogens with zero attached hydrogens (tertiary/aromatic N) is 6. The van der Waals surface area contributed by atoms with Crippen LogP contribution in [0.3, 0.4) is 0 Å². The maximum Gasteiger partial charge on any atom is 0.206 e. The van der Waals surface area contributed by atoms with Crippen molar-refractivity contribution in [3.05, 3.63) is 60.2 Å². The highest BCUT2D eigenvalue weighted by molar-refractivity contribution is 5.79. The zero-order chi connectivity index (χ0) is 23.9. The van der Waals surface area contributed by atoms with E-state index < -0.39 is 0 Å². The highest BCUT2D eigenvalue weighted by atomic mass is 15.8. The van der Waals surface area contributed by atoms with E-state index in [1.807, 2.05) is 6.07 Å². The normalized spacial score (nSPS) is 16.7. The Morgan fingerprint density at radius 3 is 2.66 bits per heavy atom. The smallest absolute Gasteiger partial charge is 0.206 e. The summed E-state index contributed by atoms with van der Waals surface area (Å²) in [5, 5.41) is 19.1. The van der Waals surface area contributed by atoms with E-state index in [1.165, 1.54) is 62.6 Å². The third-order valence-corrected chi connectivity index (χ3v) is 7.20. The van der Waals surface area contributed by atoms with Crippen molar-refractivity contribution in [2.24, 2.45) is 5.92 Å². The Balaban J connectivity index is 1.25. The molecule has 0 saturated heterocycles. The monoisotopic (exact) mass is 472 g/mol. The molecule has 5 rings (SSSR count). The van der Waals surface area contributed by atoms with E-state index in [0.29, 0.717) is 5.82 Å². The highest BCUT2D eigenvalue weighted by Crippen LogP contribution is 2.30. The van der Waals surface area contributed by atoms with Crippen LogP contribution in [0.15, 0.2) is 54.6 Å². The standard InChI is InChI=1S/C27H36N8/c1-2-3-9-24-20-34(17-15-21-7-5-4-6-8-21)33-35(24)19-22-10-12-23(13-11-22)25-14-16-28-18-26(25)27-29-31-32-30-27/h10-14,16,18,20-21,33H,2-9,15,17,19H2,1H3,(H,29,30,31,32). The van der Waals surface area contributed by atoms with Crippen LogP contribution < -0.4 is 5.53 Å². The van der Waals surface area contributed by atoms with E-state index in [-0.39, 0.29) is 0 Å². The molecule has 1 saturated carbocycles. The van der Waals surface area contributed by atoms with Crippen molar-refractivity contribution in [1.29, 1.82) is 0 Å². The van der Waals surface area contributed by atoms with Gasteiger partial charge in [0.1, 0.15) is 0 Å². The molecule has 1 aliphatic carbocycles. The largest absolute Gasteiger partial charge is 0.296 e. The lowest BCUT2D eigenvalue weighted by atomic mass is 9.87. The predicted octanol–water partition coefficient (Wildman–Crippen LogP) is 5.47. The first kappa shape index (κ1) is 23.5. The van der Waals surface area contributed by atoms with Gasteiger partial charge in [0.25, 0.3) is 0 Å². The van der Waals surface area contributed by atoms with Crippen LogP contribution in [-0.2, 0) is 6.54 Å². The summed E-state index contributed by atoms with van der Waals surface area (Å²) in [6, 6.07) is 10.7. The summed E-state index contributed by atoms with van der Waals surface area (Å²) in [4.78, 5) is 4.25. The van der Waals surface area contributed by atoms with Gasteiger partial charge < -0.3 is 0 Å². The second-order valence-corrected chi connectivity index (χ2v) is 9.75. The minimum atomic E-state index is 0.553. The van der Waals surface area contributed by atoms with Crippen molar-refractivity contribution < 1.29 is 0 Å². The first-order chi connectivity index (χ1) is 17.3. The number of benzene rings is 1. The van der Waals surface area contributed by atoms with Crippen molar-refractivity contribution in [2.45, 2.75) is 71.3 Å². The molecular weight excluding hydrogens is 436 g/mol. The number of hydrogen-bond acceptors (Lipinski definition) is 7. The topological polar surface area (TPSA) is 85.9 Å². The van der Waals surface area contributed by atoms with Crippen LogP contribution in [0.5, 0.6) is 0 Å². The van der Waals surface area contributed by atoms with E-state index in [9.17, 15) is 0 Å². The van der Waals surface area contributed by atoms with Crippen molar-refractivity contribution >= 4 is 0 Å². The van der Waals surface area contributed by atoms with Crippen molar-refractivity contribution in [2.75, 3.05) is 6.54 Å². The summed E-state index contributed by atoms with van der Waals surface area (Å²) < 4.78 is 0. The summed E-state index contributed by atoms with van der Waals surface area (Å²) in [5.41, 5.74) is 9.33. The molecule has 0 spiro atoms. The third kappa shape index (κ3) is 5.88. The summed E-state index contributed by atoms with van der Waals surface area (Å²) in [7, 11) is 0. The quantitative estimate of drug-likeness (QED) is 0.405. The van der Waals surface area contributed by atoms with E-state index in [1.54, 1.807) is 12.4 Å². The molecule has 0 amide bonds. The molecule has 3 heterocycles. The first-order valence-corrected chi connectivity index (χ1v) is 13.1. The van der Waals surface area contributed by atoms with Crippen molar-refractivity contribution in [3.8, 4) is 22.5 Å². The van der Waals surface area contributed by atoms with Gasteiger partial charge in [0, 0.05) is 36.4 Å². The number of unbranched alkanes of at least 4 members (excludes halogenated alkanes) is 1. The molecule has 0 atom stereocenters. The Morgan fingerprint density at radius 2 is 1.89 bits per heavy atom. The van der Waals surface area contributed by atoms with Crippen LogP contribution in [0.1, 0.15) is 70.3 Å². The fourth-order valence-corrected chi connectivity index (χ4v) is 5.18. The molecule has 2 aliphatic rings. The number of aromatic amines is 1. The van der Waals surface area contributed by atoms with Crippen LogP contribution in [0.25, 0.3) is 22.5 Å². The molecule has 8 heteroatoms. The maximum atomic E-state index is 4.25. The fraction of sp³-hybridized carbons (Fsp3) is 0.481. The lowest BCUT2D eigenvalue weighted by molar-refractivity contribution is 0.111. The molecule has 0 radical (unpaired) electrons. The van der Waals surface area contributed by atoms with Crippen molar-refractivity contribution in [3.63, 3.8) is 0 Å². The average Bonchev–Trinajstić information content (AvgIpc) is 3.58. The number of allylic oxidation sites excluding steroid dienone is 1. The Kier molecular flexibility index (Phi) is 7.68. The highest BCUT2D eigenvalue weighted by Gasteiger charge is 2.22. The molecular formula is C27H36N8. The van der Waals surface area contributed by atoms with Crippen LogP contribution >= 0.6 is 0 Å². The van der Waals surface area contributed by atoms with E-state index >= 15 is 0 Å². The van der Waals surface area contributed by atoms with Gasteiger partial charge in [-0.15, -0.1) is 15.7 Å². The summed E-state index contributed by atoms with van der Waals surface area (Å²) in [5.74, 6) is 1.45. The fourth-order valence-electron chi connectivity index (χ4n) is 5.18. The van der Waals surface area contributed by atoms with Crippen LogP contribution in [-0.4, -0.2) is 42.2 Å². The van der Waals surface area contributed by atoms with Gasteiger partial charge in [-0.05, 0) is 53.2 Å². The molecule has 1 aliphatic heterocycles. The van der Waals surface area contributed by atoms with Crippen LogP contribution in [0.4, 0.5) is 0 Å². The minimum absolute atomic E-state index is 0.553. The van der Waals surface area contributed by atoms with Gasteiger partial charge in [-0.3, -0.25) is 15.0 Å². The lowest BCUT2D eigenvalue weighted by Gasteiger charge is -2.27. The van der Waals surface area contributed by atoms with Gasteiger partial charge in [-0.2, -0.15) is 5.21 Å². The lowest BCUT2D eigenvalue weighted by Crippen LogP contribution is -2.40. The predicted molar refractivity (Wildman–Crippen MR) is 137 cm³/mol. The van der Waals surface area contributed by atoms with Gasteiger partial charge in [-0.1, -0.05) is 69.7 Å². The average molecular weight is 473 g/mol. The molecule has 184 valence electrons. The number of H-pyrrole nitrogens is 1. The molecule has 2 aromatic heterocycles. The summed E-state index contributed by atoms with van der Waals surface area (Å²) in [6.07, 6.45) is 17.8. The summed E-state index contributed by atoms with van der Waals surface area (Å²) in [6.45, 7) is 4.18. The molecule has 1 aromatic carbocycles. The van der Waals surface area contributed by atoms with E-state index in [4.69, 9.17) is 0 Å². The zero-order valence-corrected chi connectivity index (χ0v) is 20.7. The van der Waals surface area contributed by atoms with E-state index in [2.05, 4.69) is 78.5 Å². The second kappa shape index (κ2) is 11.4. The third-order valence-electron chi connectivity index (χ3n) is 7.20. The molecule has 1 fully saturated rings. The van der Waals surface area contributed by atoms with Gasteiger partial charge >= 0.3 is 0 Å². The number of aromatic nitrogens is 5. The first-order valence-electron chi connectivity index (χ1n) is 13.1. The Labute approximate surface area is 207 Å². The number of rotatable bonds is 10. The van der Waals surface area contributed by atoms with Crippen LogP contribution in [0.2, 0.25) is 0 Å². The van der Waals surface area contributed by atoms with Gasteiger partial charge in [0.2, 0.25) is 5.82 Å². The Bertz CT molecular complexity index is 1090. The van der Waals surface area contributed by atoms with Gasteiger partial charge in [-0.25, -0.2) is 0 Å². The molecule has 3 aromatic rings. The SMILES string of the molecule is CCCCC1=CN(CCC2CCCCC2)NN1Cc1ccc(-c2ccncc2-c2nn[nH]n2)cc1. The minimum Gasteiger partial charge on any atom is -0.296 e. The number of tetrazole rings is 1. The number of hydrazine groups is 2. The molecule has 0 unspecified atom stereocenters. The van der Waals surface area contributed by atoms with Gasteiger partial charge in [0.05, 0.1) is 6.54 Å². The molecule has 35 heavy (non-hydrogen) atoms. The van der Waals surface area contributed by atoms with E-state index in [0.717, 1.165) is 42.1 Å². The Morgan fingerprint density at radius 1 is 1.03 bits per heavy atom. The van der Waals surface area contributed by atoms with Crippen molar-refractivity contribution in [1.82, 2.24) is 41.2 Å². The number of hydrogen-bond donors (Lipinski definition) is 2. The zero-order valence-electron chi connectivity index (χ0n) is 20.7.